The van der Waals surface area contributed by atoms with Crippen LogP contribution in [0, 0.1) is 0 Å². The van der Waals surface area contributed by atoms with Gasteiger partial charge in [0.2, 0.25) is 5.95 Å². The maximum Gasteiger partial charge on any atom is 0.227 e. The van der Waals surface area contributed by atoms with E-state index in [1.54, 1.807) is 19.5 Å². The van der Waals surface area contributed by atoms with Crippen molar-refractivity contribution in [3.8, 4) is 33.6 Å². The van der Waals surface area contributed by atoms with E-state index >= 15 is 0 Å². The molecule has 176 valence electrons. The molecule has 5 aromatic rings. The number of hydrogen-bond donors (Lipinski definition) is 1. The van der Waals surface area contributed by atoms with Gasteiger partial charge >= 0.3 is 0 Å². The van der Waals surface area contributed by atoms with Crippen LogP contribution in [0.5, 0.6) is 0 Å². The fourth-order valence-corrected chi connectivity index (χ4v) is 3.75. The Kier molecular flexibility index (Phi) is 6.58. The van der Waals surface area contributed by atoms with E-state index in [1.165, 1.54) is 0 Å². The van der Waals surface area contributed by atoms with E-state index in [-0.39, 0.29) is 0 Å². The first-order valence-corrected chi connectivity index (χ1v) is 11.4. The maximum atomic E-state index is 5.12. The number of aryl methyl sites for hydroxylation is 1. The molecule has 0 spiro atoms. The van der Waals surface area contributed by atoms with Crippen molar-refractivity contribution in [3.63, 3.8) is 0 Å². The third-order valence-corrected chi connectivity index (χ3v) is 5.58. The minimum Gasteiger partial charge on any atom is -0.383 e. The highest BCUT2D eigenvalue weighted by Crippen LogP contribution is 2.30. The van der Waals surface area contributed by atoms with Crippen LogP contribution in [0.2, 0.25) is 0 Å². The summed E-state index contributed by atoms with van der Waals surface area (Å²) in [6.45, 7) is 4.18. The summed E-state index contributed by atoms with van der Waals surface area (Å²) in [6, 6.07) is 13.9. The molecule has 1 N–H and O–H groups in total. The smallest absolute Gasteiger partial charge is 0.227 e. The lowest BCUT2D eigenvalue weighted by molar-refractivity contribution is 0.183. The average Bonchev–Trinajstić information content (AvgIpc) is 3.56. The van der Waals surface area contributed by atoms with Gasteiger partial charge in [-0.05, 0) is 42.8 Å². The number of nitrogens with zero attached hydrogens (tertiary/aromatic N) is 7. The first-order chi connectivity index (χ1) is 17.2. The van der Waals surface area contributed by atoms with Crippen molar-refractivity contribution >= 4 is 11.6 Å². The van der Waals surface area contributed by atoms with Gasteiger partial charge in [0.25, 0.3) is 0 Å². The van der Waals surface area contributed by atoms with Gasteiger partial charge in [0.05, 0.1) is 25.0 Å². The Hall–Kier alpha value is -4.37. The van der Waals surface area contributed by atoms with E-state index in [0.717, 1.165) is 52.4 Å². The number of nitrogens with one attached hydrogen (secondary N) is 1. The highest BCUT2D eigenvalue weighted by molar-refractivity contribution is 5.78. The zero-order valence-corrected chi connectivity index (χ0v) is 19.7. The SMILES string of the molecule is CCn1cc(-c2ccnc(Nc3ccc(-c4cnn(CCOC)c4)cc3)n2)c(-c2cccnc2)n1. The van der Waals surface area contributed by atoms with E-state index in [9.17, 15) is 0 Å². The molecule has 0 fully saturated rings. The number of pyridine rings is 1. The summed E-state index contributed by atoms with van der Waals surface area (Å²) >= 11 is 0. The van der Waals surface area contributed by atoms with Gasteiger partial charge < -0.3 is 10.1 Å². The molecular weight excluding hydrogens is 440 g/mol. The number of hydrogen-bond acceptors (Lipinski definition) is 7. The minimum absolute atomic E-state index is 0.518. The molecule has 9 heteroatoms. The minimum atomic E-state index is 0.518. The van der Waals surface area contributed by atoms with Crippen LogP contribution >= 0.6 is 0 Å². The van der Waals surface area contributed by atoms with Crippen LogP contribution in [0.15, 0.2) is 79.6 Å². The molecule has 0 aliphatic heterocycles. The number of ether oxygens (including phenoxy) is 1. The summed E-state index contributed by atoms with van der Waals surface area (Å²) in [7, 11) is 1.69. The Labute approximate surface area is 203 Å². The lowest BCUT2D eigenvalue weighted by Crippen LogP contribution is -2.03. The maximum absolute atomic E-state index is 5.12. The molecule has 0 radical (unpaired) electrons. The van der Waals surface area contributed by atoms with E-state index < -0.39 is 0 Å². The Balaban J connectivity index is 1.36. The number of rotatable bonds is 9. The van der Waals surface area contributed by atoms with Crippen LogP contribution in [0.3, 0.4) is 0 Å². The molecule has 0 atom stereocenters. The van der Waals surface area contributed by atoms with Gasteiger partial charge in [0, 0.05) is 67.0 Å². The molecule has 0 aliphatic rings. The molecule has 35 heavy (non-hydrogen) atoms. The topological polar surface area (TPSA) is 95.6 Å². The molecule has 0 unspecified atom stereocenters. The van der Waals surface area contributed by atoms with Crippen molar-refractivity contribution in [2.75, 3.05) is 19.0 Å². The first-order valence-electron chi connectivity index (χ1n) is 11.4. The largest absolute Gasteiger partial charge is 0.383 e. The van der Waals surface area contributed by atoms with Gasteiger partial charge in [0.15, 0.2) is 0 Å². The molecule has 0 saturated heterocycles. The van der Waals surface area contributed by atoms with Crippen LogP contribution in [0.4, 0.5) is 11.6 Å². The van der Waals surface area contributed by atoms with Gasteiger partial charge in [-0.3, -0.25) is 14.3 Å². The third-order valence-electron chi connectivity index (χ3n) is 5.58. The Morgan fingerprint density at radius 2 is 1.80 bits per heavy atom. The second-order valence-corrected chi connectivity index (χ2v) is 7.94. The van der Waals surface area contributed by atoms with Gasteiger partial charge in [-0.25, -0.2) is 9.97 Å². The second-order valence-electron chi connectivity index (χ2n) is 7.94. The van der Waals surface area contributed by atoms with E-state index in [1.807, 2.05) is 64.5 Å². The number of benzene rings is 1. The Bertz CT molecular complexity index is 1390. The fraction of sp³-hybridized carbons (Fsp3) is 0.192. The highest BCUT2D eigenvalue weighted by Gasteiger charge is 2.15. The number of methoxy groups -OCH3 is 1. The van der Waals surface area contributed by atoms with Crippen LogP contribution < -0.4 is 5.32 Å². The van der Waals surface area contributed by atoms with E-state index in [0.29, 0.717) is 12.6 Å². The molecule has 0 bridgehead atoms. The Morgan fingerprint density at radius 3 is 2.57 bits per heavy atom. The summed E-state index contributed by atoms with van der Waals surface area (Å²) in [5, 5.41) is 12.4. The molecule has 4 heterocycles. The summed E-state index contributed by atoms with van der Waals surface area (Å²) in [6.07, 6.45) is 11.2. The summed E-state index contributed by atoms with van der Waals surface area (Å²) in [5.41, 5.74) is 6.56. The van der Waals surface area contributed by atoms with Crippen LogP contribution in [0.1, 0.15) is 6.92 Å². The van der Waals surface area contributed by atoms with Gasteiger partial charge in [-0.1, -0.05) is 12.1 Å². The molecular formula is C26H26N8O. The lowest BCUT2D eigenvalue weighted by atomic mass is 10.1. The lowest BCUT2D eigenvalue weighted by Gasteiger charge is -2.07. The van der Waals surface area contributed by atoms with Crippen LogP contribution in [-0.4, -0.2) is 48.2 Å². The third kappa shape index (κ3) is 5.10. The number of aromatic nitrogens is 7. The predicted octanol–water partition coefficient (Wildman–Crippen LogP) is 4.68. The Morgan fingerprint density at radius 1 is 0.914 bits per heavy atom. The predicted molar refractivity (Wildman–Crippen MR) is 135 cm³/mol. The highest BCUT2D eigenvalue weighted by atomic mass is 16.5. The van der Waals surface area contributed by atoms with Crippen molar-refractivity contribution in [1.29, 1.82) is 0 Å². The van der Waals surface area contributed by atoms with Crippen molar-refractivity contribution in [1.82, 2.24) is 34.5 Å². The van der Waals surface area contributed by atoms with Crippen LogP contribution in [-0.2, 0) is 17.8 Å². The standard InChI is InChI=1S/C26H26N8O/c1-3-33-18-23(25(32-33)20-5-4-11-27-15-20)24-10-12-28-26(31-24)30-22-8-6-19(7-9-22)21-16-29-34(17-21)13-14-35-2/h4-12,15-18H,3,13-14H2,1-2H3,(H,28,30,31). The van der Waals surface area contributed by atoms with Gasteiger partial charge in [0.1, 0.15) is 5.69 Å². The molecule has 0 aliphatic carbocycles. The van der Waals surface area contributed by atoms with E-state index in [4.69, 9.17) is 14.8 Å². The summed E-state index contributed by atoms with van der Waals surface area (Å²) < 4.78 is 8.90. The molecule has 1 aromatic carbocycles. The second kappa shape index (κ2) is 10.3. The molecule has 4 aromatic heterocycles. The van der Waals surface area contributed by atoms with Crippen molar-refractivity contribution < 1.29 is 4.74 Å². The van der Waals surface area contributed by atoms with Gasteiger partial charge in [-0.15, -0.1) is 0 Å². The quantitative estimate of drug-likeness (QED) is 0.337. The summed E-state index contributed by atoms with van der Waals surface area (Å²) in [5.74, 6) is 0.518. The van der Waals surface area contributed by atoms with Crippen molar-refractivity contribution in [3.05, 3.63) is 79.6 Å². The molecule has 5 rings (SSSR count). The first kappa shape index (κ1) is 22.4. The van der Waals surface area contributed by atoms with Crippen LogP contribution in [0.25, 0.3) is 33.6 Å². The zero-order chi connectivity index (χ0) is 24.0. The van der Waals surface area contributed by atoms with Crippen molar-refractivity contribution in [2.45, 2.75) is 20.0 Å². The van der Waals surface area contributed by atoms with E-state index in [2.05, 4.69) is 39.4 Å². The van der Waals surface area contributed by atoms with Gasteiger partial charge in [-0.2, -0.15) is 10.2 Å². The monoisotopic (exact) mass is 466 g/mol. The number of anilines is 2. The molecule has 9 nitrogen and oxygen atoms in total. The summed E-state index contributed by atoms with van der Waals surface area (Å²) in [4.78, 5) is 13.4. The zero-order valence-electron chi connectivity index (χ0n) is 19.7. The molecule has 0 saturated carbocycles. The van der Waals surface area contributed by atoms with Crippen molar-refractivity contribution in [2.24, 2.45) is 0 Å². The average molecular weight is 467 g/mol. The fourth-order valence-electron chi connectivity index (χ4n) is 3.75. The molecule has 0 amide bonds. The normalized spacial score (nSPS) is 11.0.